The molecule has 1 aromatic rings. The summed E-state index contributed by atoms with van der Waals surface area (Å²) in [6.07, 6.45) is 9.87. The Morgan fingerprint density at radius 3 is 2.83 bits per heavy atom. The molecule has 0 amide bonds. The van der Waals surface area contributed by atoms with E-state index in [9.17, 15) is 5.11 Å². The lowest BCUT2D eigenvalue weighted by molar-refractivity contribution is 0.199. The largest absolute Gasteiger partial charge is 0.382 e. The van der Waals surface area contributed by atoms with Gasteiger partial charge >= 0.3 is 0 Å². The number of rotatable bonds is 3. The molecule has 0 spiro atoms. The molecule has 18 heavy (non-hydrogen) atoms. The van der Waals surface area contributed by atoms with Gasteiger partial charge in [0.1, 0.15) is 6.10 Å². The van der Waals surface area contributed by atoms with Crippen LogP contribution in [0.1, 0.15) is 62.9 Å². The maximum atomic E-state index is 10.5. The first-order valence-corrected chi connectivity index (χ1v) is 7.12. The van der Waals surface area contributed by atoms with E-state index in [0.717, 1.165) is 30.7 Å². The fourth-order valence-corrected chi connectivity index (χ4v) is 2.63. The standard InChI is InChI=1S/C15H24N2O/c1-3-13-11-14(17(2)16-13)15(18)12-9-7-5-4-6-8-10-12/h9,11,15,18H,3-8,10H2,1-2H3/b12-9+. The molecule has 1 aliphatic carbocycles. The molecule has 0 saturated heterocycles. The van der Waals surface area contributed by atoms with Crippen molar-refractivity contribution in [3.63, 3.8) is 0 Å². The molecule has 3 heteroatoms. The van der Waals surface area contributed by atoms with Crippen molar-refractivity contribution >= 4 is 0 Å². The molecule has 1 atom stereocenters. The molecular weight excluding hydrogens is 224 g/mol. The van der Waals surface area contributed by atoms with Crippen LogP contribution in [0.25, 0.3) is 0 Å². The summed E-state index contributed by atoms with van der Waals surface area (Å²) in [6, 6.07) is 2.03. The van der Waals surface area contributed by atoms with Crippen LogP contribution in [0.2, 0.25) is 0 Å². The van der Waals surface area contributed by atoms with Gasteiger partial charge in [-0.3, -0.25) is 4.68 Å². The van der Waals surface area contributed by atoms with Crippen LogP contribution in [0.3, 0.4) is 0 Å². The summed E-state index contributed by atoms with van der Waals surface area (Å²) in [6.45, 7) is 2.09. The Balaban J connectivity index is 2.17. The number of allylic oxidation sites excluding steroid dienone is 1. The molecule has 1 N–H and O–H groups in total. The van der Waals surface area contributed by atoms with E-state index in [-0.39, 0.29) is 0 Å². The molecule has 1 aliphatic rings. The summed E-state index contributed by atoms with van der Waals surface area (Å²) in [5, 5.41) is 14.9. The molecule has 1 unspecified atom stereocenters. The van der Waals surface area contributed by atoms with Crippen molar-refractivity contribution in [3.8, 4) is 0 Å². The van der Waals surface area contributed by atoms with Gasteiger partial charge in [0.15, 0.2) is 0 Å². The predicted octanol–water partition coefficient (Wildman–Crippen LogP) is 3.30. The highest BCUT2D eigenvalue weighted by Crippen LogP contribution is 2.28. The minimum atomic E-state index is -0.471. The molecule has 0 saturated carbocycles. The fraction of sp³-hybridized carbons (Fsp3) is 0.667. The summed E-state index contributed by atoms with van der Waals surface area (Å²) in [7, 11) is 1.92. The van der Waals surface area contributed by atoms with Crippen molar-refractivity contribution in [2.75, 3.05) is 0 Å². The molecule has 3 nitrogen and oxygen atoms in total. The van der Waals surface area contributed by atoms with Gasteiger partial charge in [-0.15, -0.1) is 0 Å². The Morgan fingerprint density at radius 2 is 2.11 bits per heavy atom. The van der Waals surface area contributed by atoms with E-state index in [0.29, 0.717) is 0 Å². The molecule has 100 valence electrons. The van der Waals surface area contributed by atoms with Crippen molar-refractivity contribution in [1.82, 2.24) is 9.78 Å². The number of aliphatic hydroxyl groups excluding tert-OH is 1. The highest BCUT2D eigenvalue weighted by atomic mass is 16.3. The second-order valence-electron chi connectivity index (χ2n) is 5.17. The molecule has 1 heterocycles. The van der Waals surface area contributed by atoms with Crippen molar-refractivity contribution in [3.05, 3.63) is 29.1 Å². The average molecular weight is 248 g/mol. The topological polar surface area (TPSA) is 38.0 Å². The highest BCUT2D eigenvalue weighted by molar-refractivity contribution is 5.22. The van der Waals surface area contributed by atoms with E-state index >= 15 is 0 Å². The molecule has 0 bridgehead atoms. The van der Waals surface area contributed by atoms with E-state index in [1.165, 1.54) is 31.3 Å². The lowest BCUT2D eigenvalue weighted by Crippen LogP contribution is -2.08. The number of hydrogen-bond acceptors (Lipinski definition) is 2. The van der Waals surface area contributed by atoms with Gasteiger partial charge < -0.3 is 5.11 Å². The zero-order valence-corrected chi connectivity index (χ0v) is 11.5. The zero-order valence-electron chi connectivity index (χ0n) is 11.5. The van der Waals surface area contributed by atoms with E-state index in [4.69, 9.17) is 0 Å². The Morgan fingerprint density at radius 1 is 1.33 bits per heavy atom. The lowest BCUT2D eigenvalue weighted by atomic mass is 9.95. The number of aryl methyl sites for hydroxylation is 2. The second kappa shape index (κ2) is 6.19. The quantitative estimate of drug-likeness (QED) is 0.833. The third-order valence-corrected chi connectivity index (χ3v) is 3.79. The highest BCUT2D eigenvalue weighted by Gasteiger charge is 2.18. The van der Waals surface area contributed by atoms with Crippen LogP contribution in [0.15, 0.2) is 17.7 Å². The zero-order chi connectivity index (χ0) is 13.0. The van der Waals surface area contributed by atoms with Crippen molar-refractivity contribution in [2.24, 2.45) is 7.05 Å². The van der Waals surface area contributed by atoms with Crippen molar-refractivity contribution in [1.29, 1.82) is 0 Å². The maximum absolute atomic E-state index is 10.5. The predicted molar refractivity (Wildman–Crippen MR) is 73.3 cm³/mol. The summed E-state index contributed by atoms with van der Waals surface area (Å²) in [5.74, 6) is 0. The Kier molecular flexibility index (Phi) is 4.59. The fourth-order valence-electron chi connectivity index (χ4n) is 2.63. The number of aromatic nitrogens is 2. The van der Waals surface area contributed by atoms with Gasteiger partial charge in [0.2, 0.25) is 0 Å². The second-order valence-corrected chi connectivity index (χ2v) is 5.17. The molecule has 0 fully saturated rings. The first-order valence-electron chi connectivity index (χ1n) is 7.12. The molecular formula is C15H24N2O. The van der Waals surface area contributed by atoms with Gasteiger partial charge in [0.25, 0.3) is 0 Å². The van der Waals surface area contributed by atoms with Crippen LogP contribution in [-0.2, 0) is 13.5 Å². The Labute approximate surface area is 110 Å². The van der Waals surface area contributed by atoms with E-state index < -0.39 is 6.10 Å². The van der Waals surface area contributed by atoms with Gasteiger partial charge in [0.05, 0.1) is 11.4 Å². The smallest absolute Gasteiger partial charge is 0.117 e. The maximum Gasteiger partial charge on any atom is 0.117 e. The minimum absolute atomic E-state index is 0.471. The van der Waals surface area contributed by atoms with E-state index in [1.807, 2.05) is 17.8 Å². The molecule has 2 rings (SSSR count). The van der Waals surface area contributed by atoms with Crippen LogP contribution in [-0.4, -0.2) is 14.9 Å². The molecule has 0 radical (unpaired) electrons. The summed E-state index contributed by atoms with van der Waals surface area (Å²) >= 11 is 0. The Hall–Kier alpha value is -1.09. The summed E-state index contributed by atoms with van der Waals surface area (Å²) in [4.78, 5) is 0. The molecule has 0 aliphatic heterocycles. The summed E-state index contributed by atoms with van der Waals surface area (Å²) < 4.78 is 1.82. The molecule has 1 aromatic heterocycles. The SMILES string of the molecule is CCc1cc(C(O)/C2=C/CCCCCC2)n(C)n1. The number of aliphatic hydroxyl groups is 1. The third kappa shape index (κ3) is 3.02. The van der Waals surface area contributed by atoms with Gasteiger partial charge in [-0.2, -0.15) is 5.10 Å². The monoisotopic (exact) mass is 248 g/mol. The van der Waals surface area contributed by atoms with Crippen molar-refractivity contribution < 1.29 is 5.11 Å². The first-order chi connectivity index (χ1) is 8.72. The Bertz CT molecular complexity index is 420. The normalized spacial score (nSPS) is 21.8. The van der Waals surface area contributed by atoms with Crippen LogP contribution in [0.5, 0.6) is 0 Å². The van der Waals surface area contributed by atoms with Gasteiger partial charge in [-0.25, -0.2) is 0 Å². The van der Waals surface area contributed by atoms with Gasteiger partial charge in [-0.1, -0.05) is 25.8 Å². The average Bonchev–Trinajstić information content (AvgIpc) is 2.69. The minimum Gasteiger partial charge on any atom is -0.382 e. The van der Waals surface area contributed by atoms with Crippen LogP contribution in [0, 0.1) is 0 Å². The van der Waals surface area contributed by atoms with Crippen molar-refractivity contribution in [2.45, 2.75) is 58.0 Å². The third-order valence-electron chi connectivity index (χ3n) is 3.79. The molecule has 0 aromatic carbocycles. The first kappa shape index (κ1) is 13.3. The van der Waals surface area contributed by atoms with E-state index in [1.54, 1.807) is 0 Å². The summed E-state index contributed by atoms with van der Waals surface area (Å²) in [5.41, 5.74) is 3.16. The van der Waals surface area contributed by atoms with Crippen LogP contribution < -0.4 is 0 Å². The van der Waals surface area contributed by atoms with Crippen LogP contribution in [0.4, 0.5) is 0 Å². The van der Waals surface area contributed by atoms with Gasteiger partial charge in [-0.05, 0) is 43.7 Å². The van der Waals surface area contributed by atoms with Crippen LogP contribution >= 0.6 is 0 Å². The lowest BCUT2D eigenvalue weighted by Gasteiger charge is -2.17. The number of hydrogen-bond donors (Lipinski definition) is 1. The van der Waals surface area contributed by atoms with Gasteiger partial charge in [0, 0.05) is 7.05 Å². The number of nitrogens with zero attached hydrogens (tertiary/aromatic N) is 2. The van der Waals surface area contributed by atoms with E-state index in [2.05, 4.69) is 18.1 Å².